The highest BCUT2D eigenvalue weighted by molar-refractivity contribution is 5.96. The molecule has 4 nitrogen and oxygen atoms in total. The van der Waals surface area contributed by atoms with Gasteiger partial charge in [-0.15, -0.1) is 0 Å². The molecular formula is C14H20N2O2. The van der Waals surface area contributed by atoms with E-state index in [9.17, 15) is 4.79 Å². The van der Waals surface area contributed by atoms with Gasteiger partial charge in [0.2, 0.25) is 0 Å². The van der Waals surface area contributed by atoms with Crippen molar-refractivity contribution in [1.29, 1.82) is 0 Å². The van der Waals surface area contributed by atoms with Crippen molar-refractivity contribution < 1.29 is 9.53 Å². The van der Waals surface area contributed by atoms with Crippen molar-refractivity contribution in [3.05, 3.63) is 29.3 Å². The molecule has 1 aromatic rings. The molecular weight excluding hydrogens is 228 g/mol. The Morgan fingerprint density at radius 3 is 2.89 bits per heavy atom. The summed E-state index contributed by atoms with van der Waals surface area (Å²) >= 11 is 0. The number of aryl methyl sites for hydroxylation is 1. The van der Waals surface area contributed by atoms with E-state index in [0.29, 0.717) is 17.2 Å². The molecule has 1 fully saturated rings. The molecule has 0 aliphatic carbocycles. The van der Waals surface area contributed by atoms with Crippen molar-refractivity contribution in [2.75, 3.05) is 25.5 Å². The first kappa shape index (κ1) is 12.9. The summed E-state index contributed by atoms with van der Waals surface area (Å²) in [5.41, 5.74) is 7.95. The predicted octanol–water partition coefficient (Wildman–Crippen LogP) is 1.73. The van der Waals surface area contributed by atoms with Gasteiger partial charge in [-0.25, -0.2) is 0 Å². The van der Waals surface area contributed by atoms with Crippen LogP contribution in [0.2, 0.25) is 0 Å². The van der Waals surface area contributed by atoms with Crippen LogP contribution in [0.4, 0.5) is 5.69 Å². The molecule has 0 saturated carbocycles. The number of nitrogens with two attached hydrogens (primary N) is 1. The number of rotatable bonds is 3. The average Bonchev–Trinajstić information content (AvgIpc) is 2.40. The van der Waals surface area contributed by atoms with Gasteiger partial charge in [0, 0.05) is 31.0 Å². The Hall–Kier alpha value is -1.55. The van der Waals surface area contributed by atoms with Crippen LogP contribution in [0.5, 0.6) is 0 Å². The lowest BCUT2D eigenvalue weighted by Gasteiger charge is -2.22. The normalized spacial score (nSPS) is 16.5. The van der Waals surface area contributed by atoms with Crippen LogP contribution >= 0.6 is 0 Å². The van der Waals surface area contributed by atoms with Crippen molar-refractivity contribution in [3.63, 3.8) is 0 Å². The fourth-order valence-corrected chi connectivity index (χ4v) is 2.17. The van der Waals surface area contributed by atoms with E-state index in [1.165, 1.54) is 0 Å². The Balaban J connectivity index is 1.92. The zero-order valence-corrected chi connectivity index (χ0v) is 10.7. The average molecular weight is 248 g/mol. The minimum atomic E-state index is -0.0358. The number of amides is 1. The molecule has 0 unspecified atom stereocenters. The molecule has 1 amide bonds. The maximum atomic E-state index is 12.1. The van der Waals surface area contributed by atoms with E-state index in [-0.39, 0.29) is 5.91 Å². The molecule has 0 spiro atoms. The van der Waals surface area contributed by atoms with Gasteiger partial charge in [0.25, 0.3) is 5.91 Å². The van der Waals surface area contributed by atoms with Crippen molar-refractivity contribution in [2.24, 2.45) is 5.92 Å². The van der Waals surface area contributed by atoms with Crippen LogP contribution in [0.15, 0.2) is 18.2 Å². The second kappa shape index (κ2) is 5.87. The fraction of sp³-hybridized carbons (Fsp3) is 0.500. The number of carbonyl (C=O) groups excluding carboxylic acids is 1. The van der Waals surface area contributed by atoms with E-state index in [1.54, 1.807) is 6.07 Å². The predicted molar refractivity (Wildman–Crippen MR) is 71.5 cm³/mol. The van der Waals surface area contributed by atoms with E-state index >= 15 is 0 Å². The molecule has 1 aliphatic rings. The van der Waals surface area contributed by atoms with E-state index < -0.39 is 0 Å². The monoisotopic (exact) mass is 248 g/mol. The van der Waals surface area contributed by atoms with E-state index in [2.05, 4.69) is 5.32 Å². The first-order chi connectivity index (χ1) is 8.66. The topological polar surface area (TPSA) is 64.4 Å². The minimum absolute atomic E-state index is 0.0358. The molecule has 0 bridgehead atoms. The largest absolute Gasteiger partial charge is 0.399 e. The summed E-state index contributed by atoms with van der Waals surface area (Å²) in [6.45, 7) is 4.24. The number of nitrogens with one attached hydrogen (secondary N) is 1. The quantitative estimate of drug-likeness (QED) is 0.801. The maximum Gasteiger partial charge on any atom is 0.251 e. The molecule has 4 heteroatoms. The SMILES string of the molecule is Cc1ccc(N)cc1C(=O)NCC1CCOCC1. The lowest BCUT2D eigenvalue weighted by Crippen LogP contribution is -2.32. The van der Waals surface area contributed by atoms with Gasteiger partial charge >= 0.3 is 0 Å². The first-order valence-electron chi connectivity index (χ1n) is 6.39. The Morgan fingerprint density at radius 1 is 1.44 bits per heavy atom. The summed E-state index contributed by atoms with van der Waals surface area (Å²) in [6.07, 6.45) is 2.05. The number of anilines is 1. The molecule has 1 heterocycles. The van der Waals surface area contributed by atoms with Crippen LogP contribution in [0.1, 0.15) is 28.8 Å². The minimum Gasteiger partial charge on any atom is -0.399 e. The van der Waals surface area contributed by atoms with E-state index in [4.69, 9.17) is 10.5 Å². The van der Waals surface area contributed by atoms with Crippen LogP contribution < -0.4 is 11.1 Å². The van der Waals surface area contributed by atoms with Crippen molar-refractivity contribution >= 4 is 11.6 Å². The number of nitrogen functional groups attached to an aromatic ring is 1. The molecule has 2 rings (SSSR count). The third kappa shape index (κ3) is 3.23. The highest BCUT2D eigenvalue weighted by atomic mass is 16.5. The molecule has 1 aliphatic heterocycles. The zero-order valence-electron chi connectivity index (χ0n) is 10.7. The Kier molecular flexibility index (Phi) is 4.20. The van der Waals surface area contributed by atoms with Gasteiger partial charge in [0.15, 0.2) is 0 Å². The standard InChI is InChI=1S/C14H20N2O2/c1-10-2-3-12(15)8-13(10)14(17)16-9-11-4-6-18-7-5-11/h2-3,8,11H,4-7,9,15H2,1H3,(H,16,17). The number of benzene rings is 1. The highest BCUT2D eigenvalue weighted by Gasteiger charge is 2.16. The molecule has 3 N–H and O–H groups in total. The maximum absolute atomic E-state index is 12.1. The van der Waals surface area contributed by atoms with E-state index in [1.807, 2.05) is 19.1 Å². The molecule has 0 radical (unpaired) electrons. The van der Waals surface area contributed by atoms with Crippen LogP contribution in [-0.2, 0) is 4.74 Å². The lowest BCUT2D eigenvalue weighted by molar-refractivity contribution is 0.0642. The first-order valence-corrected chi connectivity index (χ1v) is 6.39. The summed E-state index contributed by atoms with van der Waals surface area (Å²) in [5.74, 6) is 0.496. The van der Waals surface area contributed by atoms with Gasteiger partial charge in [-0.1, -0.05) is 6.07 Å². The third-order valence-corrected chi connectivity index (χ3v) is 3.40. The molecule has 18 heavy (non-hydrogen) atoms. The molecule has 98 valence electrons. The molecule has 0 aromatic heterocycles. The number of ether oxygens (including phenoxy) is 1. The van der Waals surface area contributed by atoms with Gasteiger partial charge in [-0.3, -0.25) is 4.79 Å². The number of hydrogen-bond acceptors (Lipinski definition) is 3. The number of carbonyl (C=O) groups is 1. The second-order valence-electron chi connectivity index (χ2n) is 4.84. The summed E-state index contributed by atoms with van der Waals surface area (Å²) in [7, 11) is 0. The van der Waals surface area contributed by atoms with Crippen LogP contribution in [0.25, 0.3) is 0 Å². The number of hydrogen-bond donors (Lipinski definition) is 2. The lowest BCUT2D eigenvalue weighted by atomic mass is 10.00. The van der Waals surface area contributed by atoms with Crippen molar-refractivity contribution in [1.82, 2.24) is 5.32 Å². The fourth-order valence-electron chi connectivity index (χ4n) is 2.17. The van der Waals surface area contributed by atoms with Crippen LogP contribution in [0.3, 0.4) is 0 Å². The summed E-state index contributed by atoms with van der Waals surface area (Å²) in [4.78, 5) is 12.1. The molecule has 1 saturated heterocycles. The zero-order chi connectivity index (χ0) is 13.0. The van der Waals surface area contributed by atoms with Crippen molar-refractivity contribution in [3.8, 4) is 0 Å². The van der Waals surface area contributed by atoms with E-state index in [0.717, 1.165) is 38.2 Å². The third-order valence-electron chi connectivity index (χ3n) is 3.40. The summed E-state index contributed by atoms with van der Waals surface area (Å²) in [6, 6.07) is 5.41. The molecule has 1 aromatic carbocycles. The molecule has 0 atom stereocenters. The Bertz CT molecular complexity index is 426. The Labute approximate surface area is 108 Å². The van der Waals surface area contributed by atoms with Crippen LogP contribution in [-0.4, -0.2) is 25.7 Å². The van der Waals surface area contributed by atoms with Gasteiger partial charge in [-0.2, -0.15) is 0 Å². The second-order valence-corrected chi connectivity index (χ2v) is 4.84. The van der Waals surface area contributed by atoms with Crippen LogP contribution in [0, 0.1) is 12.8 Å². The highest BCUT2D eigenvalue weighted by Crippen LogP contribution is 2.15. The van der Waals surface area contributed by atoms with Crippen molar-refractivity contribution in [2.45, 2.75) is 19.8 Å². The summed E-state index contributed by atoms with van der Waals surface area (Å²) < 4.78 is 5.30. The Morgan fingerprint density at radius 2 is 2.17 bits per heavy atom. The summed E-state index contributed by atoms with van der Waals surface area (Å²) in [5, 5.41) is 2.99. The smallest absolute Gasteiger partial charge is 0.251 e. The van der Waals surface area contributed by atoms with Gasteiger partial charge in [-0.05, 0) is 43.4 Å². The van der Waals surface area contributed by atoms with Gasteiger partial charge in [0.05, 0.1) is 0 Å². The van der Waals surface area contributed by atoms with Gasteiger partial charge in [0.1, 0.15) is 0 Å². The van der Waals surface area contributed by atoms with Gasteiger partial charge < -0.3 is 15.8 Å².